The zero-order chi connectivity index (χ0) is 15.0. The van der Waals surface area contributed by atoms with Gasteiger partial charge < -0.3 is 5.32 Å². The molecule has 4 nitrogen and oxygen atoms in total. The number of anilines is 1. The summed E-state index contributed by atoms with van der Waals surface area (Å²) in [6.07, 6.45) is 9.17. The fourth-order valence-corrected chi connectivity index (χ4v) is 3.19. The molecule has 1 saturated carbocycles. The minimum atomic E-state index is 0.0559. The van der Waals surface area contributed by atoms with Crippen LogP contribution in [0.4, 0.5) is 5.82 Å². The third kappa shape index (κ3) is 2.89. The average Bonchev–Trinajstić information content (AvgIpc) is 3.07. The Hall–Kier alpha value is -1.58. The van der Waals surface area contributed by atoms with Gasteiger partial charge in [0, 0.05) is 23.9 Å². The summed E-state index contributed by atoms with van der Waals surface area (Å²) in [6.45, 7) is 8.85. The van der Waals surface area contributed by atoms with E-state index in [1.807, 2.05) is 16.9 Å². The van der Waals surface area contributed by atoms with E-state index in [1.54, 1.807) is 0 Å². The van der Waals surface area contributed by atoms with Crippen molar-refractivity contribution in [3.8, 4) is 0 Å². The Kier molecular flexibility index (Phi) is 3.64. The lowest BCUT2D eigenvalue weighted by atomic mass is 9.92. The van der Waals surface area contributed by atoms with Crippen LogP contribution in [0.3, 0.4) is 0 Å². The van der Waals surface area contributed by atoms with Gasteiger partial charge in [-0.1, -0.05) is 33.6 Å². The van der Waals surface area contributed by atoms with E-state index < -0.39 is 0 Å². The second-order valence-electron chi connectivity index (χ2n) is 7.36. The highest BCUT2D eigenvalue weighted by atomic mass is 15.2. The monoisotopic (exact) mass is 286 g/mol. The number of aromatic nitrogens is 3. The van der Waals surface area contributed by atoms with Gasteiger partial charge in [0.25, 0.3) is 0 Å². The molecule has 0 saturated heterocycles. The third-order valence-electron chi connectivity index (χ3n) is 4.63. The van der Waals surface area contributed by atoms with Crippen LogP contribution >= 0.6 is 0 Å². The van der Waals surface area contributed by atoms with Gasteiger partial charge in [-0.2, -0.15) is 5.10 Å². The summed E-state index contributed by atoms with van der Waals surface area (Å²) in [4.78, 5) is 4.54. The standard InChI is InChI=1S/C17H26N4/c1-12(13-7-5-6-8-13)19-16-14-11-15(17(2,3)4)20-21(14)10-9-18-16/h9-13H,5-8H2,1-4H3,(H,18,19). The zero-order valence-corrected chi connectivity index (χ0v) is 13.6. The van der Waals surface area contributed by atoms with Crippen LogP contribution in [0, 0.1) is 5.92 Å². The molecule has 0 radical (unpaired) electrons. The van der Waals surface area contributed by atoms with E-state index in [2.05, 4.69) is 49.2 Å². The van der Waals surface area contributed by atoms with E-state index in [0.717, 1.165) is 22.9 Å². The molecular formula is C17H26N4. The second-order valence-corrected chi connectivity index (χ2v) is 7.36. The van der Waals surface area contributed by atoms with Crippen LogP contribution < -0.4 is 5.32 Å². The number of nitrogens with one attached hydrogen (secondary N) is 1. The minimum absolute atomic E-state index is 0.0559. The van der Waals surface area contributed by atoms with E-state index in [-0.39, 0.29) is 5.41 Å². The van der Waals surface area contributed by atoms with Crippen molar-refractivity contribution in [2.75, 3.05) is 5.32 Å². The SMILES string of the molecule is CC(Nc1nccn2nc(C(C)(C)C)cc12)C1CCCC1. The molecule has 114 valence electrons. The Labute approximate surface area is 127 Å². The van der Waals surface area contributed by atoms with Crippen molar-refractivity contribution in [3.63, 3.8) is 0 Å². The molecule has 0 spiro atoms. The molecule has 0 aliphatic heterocycles. The molecule has 0 bridgehead atoms. The highest BCUT2D eigenvalue weighted by Gasteiger charge is 2.23. The molecule has 0 amide bonds. The molecule has 4 heteroatoms. The van der Waals surface area contributed by atoms with E-state index in [0.29, 0.717) is 6.04 Å². The summed E-state index contributed by atoms with van der Waals surface area (Å²) in [5, 5.41) is 8.31. The number of hydrogen-bond donors (Lipinski definition) is 1. The second kappa shape index (κ2) is 5.32. The normalized spacial score (nSPS) is 18.3. The highest BCUT2D eigenvalue weighted by Crippen LogP contribution is 2.30. The molecule has 1 N–H and O–H groups in total. The lowest BCUT2D eigenvalue weighted by molar-refractivity contribution is 0.481. The molecule has 1 fully saturated rings. The summed E-state index contributed by atoms with van der Waals surface area (Å²) in [5.41, 5.74) is 2.24. The van der Waals surface area contributed by atoms with Crippen molar-refractivity contribution in [1.29, 1.82) is 0 Å². The number of hydrogen-bond acceptors (Lipinski definition) is 3. The maximum absolute atomic E-state index is 4.69. The third-order valence-corrected chi connectivity index (χ3v) is 4.63. The number of nitrogens with zero attached hydrogens (tertiary/aromatic N) is 3. The summed E-state index contributed by atoms with van der Waals surface area (Å²) < 4.78 is 1.94. The van der Waals surface area contributed by atoms with Crippen LogP contribution in [0.1, 0.15) is 59.1 Å². The molecule has 3 rings (SSSR count). The van der Waals surface area contributed by atoms with Crippen LogP contribution in [-0.4, -0.2) is 20.6 Å². The molecule has 0 aromatic carbocycles. The van der Waals surface area contributed by atoms with Crippen molar-refractivity contribution in [2.24, 2.45) is 5.92 Å². The fourth-order valence-electron chi connectivity index (χ4n) is 3.19. The van der Waals surface area contributed by atoms with E-state index in [9.17, 15) is 0 Å². The highest BCUT2D eigenvalue weighted by molar-refractivity contribution is 5.68. The predicted molar refractivity (Wildman–Crippen MR) is 86.7 cm³/mol. The largest absolute Gasteiger partial charge is 0.366 e. The van der Waals surface area contributed by atoms with Crippen molar-refractivity contribution >= 4 is 11.3 Å². The Morgan fingerprint density at radius 3 is 2.67 bits per heavy atom. The van der Waals surface area contributed by atoms with Gasteiger partial charge in [-0.05, 0) is 31.7 Å². The molecule has 2 heterocycles. The summed E-state index contributed by atoms with van der Waals surface area (Å²) in [6, 6.07) is 2.63. The van der Waals surface area contributed by atoms with Crippen molar-refractivity contribution in [1.82, 2.24) is 14.6 Å². The van der Waals surface area contributed by atoms with Crippen molar-refractivity contribution in [2.45, 2.75) is 64.8 Å². The van der Waals surface area contributed by atoms with Gasteiger partial charge in [0.1, 0.15) is 5.52 Å². The van der Waals surface area contributed by atoms with Gasteiger partial charge in [0.15, 0.2) is 5.82 Å². The van der Waals surface area contributed by atoms with Gasteiger partial charge in [-0.25, -0.2) is 9.50 Å². The van der Waals surface area contributed by atoms with Crippen LogP contribution in [-0.2, 0) is 5.41 Å². The van der Waals surface area contributed by atoms with Gasteiger partial charge in [-0.15, -0.1) is 0 Å². The Morgan fingerprint density at radius 2 is 2.00 bits per heavy atom. The van der Waals surface area contributed by atoms with Crippen LogP contribution in [0.25, 0.3) is 5.52 Å². The number of fused-ring (bicyclic) bond motifs is 1. The molecule has 1 aliphatic carbocycles. The first kappa shape index (κ1) is 14.4. The first-order chi connectivity index (χ1) is 9.95. The fraction of sp³-hybridized carbons (Fsp3) is 0.647. The van der Waals surface area contributed by atoms with Crippen LogP contribution in [0.2, 0.25) is 0 Å². The Bertz CT molecular complexity index is 617. The number of rotatable bonds is 3. The molecule has 1 unspecified atom stereocenters. The van der Waals surface area contributed by atoms with Gasteiger partial charge >= 0.3 is 0 Å². The first-order valence-corrected chi connectivity index (χ1v) is 8.06. The summed E-state index contributed by atoms with van der Waals surface area (Å²) >= 11 is 0. The lowest BCUT2D eigenvalue weighted by Gasteiger charge is -2.21. The van der Waals surface area contributed by atoms with Gasteiger partial charge in [0.2, 0.25) is 0 Å². The van der Waals surface area contributed by atoms with Gasteiger partial charge in [-0.3, -0.25) is 0 Å². The molecule has 2 aromatic heterocycles. The minimum Gasteiger partial charge on any atom is -0.366 e. The maximum atomic E-state index is 4.69. The summed E-state index contributed by atoms with van der Waals surface area (Å²) in [5.74, 6) is 1.73. The molecule has 21 heavy (non-hydrogen) atoms. The maximum Gasteiger partial charge on any atom is 0.152 e. The quantitative estimate of drug-likeness (QED) is 0.926. The smallest absolute Gasteiger partial charge is 0.152 e. The van der Waals surface area contributed by atoms with Crippen LogP contribution in [0.15, 0.2) is 18.5 Å². The predicted octanol–water partition coefficient (Wildman–Crippen LogP) is 4.02. The molecule has 1 atom stereocenters. The topological polar surface area (TPSA) is 42.2 Å². The van der Waals surface area contributed by atoms with Gasteiger partial charge in [0.05, 0.1) is 5.69 Å². The first-order valence-electron chi connectivity index (χ1n) is 8.06. The average molecular weight is 286 g/mol. The van der Waals surface area contributed by atoms with E-state index >= 15 is 0 Å². The van der Waals surface area contributed by atoms with Crippen molar-refractivity contribution < 1.29 is 0 Å². The van der Waals surface area contributed by atoms with E-state index in [1.165, 1.54) is 25.7 Å². The summed E-state index contributed by atoms with van der Waals surface area (Å²) in [7, 11) is 0. The van der Waals surface area contributed by atoms with Crippen LogP contribution in [0.5, 0.6) is 0 Å². The molecular weight excluding hydrogens is 260 g/mol. The zero-order valence-electron chi connectivity index (χ0n) is 13.6. The Balaban J connectivity index is 1.89. The lowest BCUT2D eigenvalue weighted by Crippen LogP contribution is -2.24. The van der Waals surface area contributed by atoms with E-state index in [4.69, 9.17) is 0 Å². The Morgan fingerprint density at radius 1 is 1.29 bits per heavy atom. The molecule has 2 aromatic rings. The molecule has 1 aliphatic rings. The van der Waals surface area contributed by atoms with Crippen molar-refractivity contribution in [3.05, 3.63) is 24.2 Å².